The van der Waals surface area contributed by atoms with Gasteiger partial charge in [-0.05, 0) is 41.3 Å². The maximum atomic E-state index is 12.9. The lowest BCUT2D eigenvalue weighted by Crippen LogP contribution is -2.52. The Labute approximate surface area is 231 Å². The van der Waals surface area contributed by atoms with Gasteiger partial charge in [0.2, 0.25) is 17.7 Å². The number of hydrogen-bond acceptors (Lipinski definition) is 7. The Morgan fingerprint density at radius 2 is 1.90 bits per heavy atom. The van der Waals surface area contributed by atoms with E-state index in [9.17, 15) is 19.2 Å². The summed E-state index contributed by atoms with van der Waals surface area (Å²) in [5.74, 6) is -0.542. The Morgan fingerprint density at radius 1 is 1.10 bits per heavy atom. The van der Waals surface area contributed by atoms with Crippen LogP contribution in [0, 0.1) is 0 Å². The summed E-state index contributed by atoms with van der Waals surface area (Å²) in [5.41, 5.74) is 2.96. The Hall–Kier alpha value is -3.47. The van der Waals surface area contributed by atoms with Gasteiger partial charge >= 0.3 is 0 Å². The van der Waals surface area contributed by atoms with E-state index in [4.69, 9.17) is 21.1 Å². The highest BCUT2D eigenvalue weighted by atomic mass is 35.5. The summed E-state index contributed by atoms with van der Waals surface area (Å²) in [6.07, 6.45) is 0.697. The number of hydrogen-bond donors (Lipinski definition) is 2. The molecule has 2 saturated heterocycles. The number of rotatable bonds is 9. The van der Waals surface area contributed by atoms with Crippen LogP contribution in [0.25, 0.3) is 0 Å². The standard InChI is InChI=1S/C28H31ClN4O6/c29-22-14-18(2-5-24(22)39-12-9-32-7-10-38-11-8-32)15-26(35)30-16-19-1-3-21-20(13-19)17-33(28(21)37)23-4-6-25(34)31-27(23)36/h1-3,5,13-14,23H,4,6-12,15-17H2,(H,30,35)(H,31,34,36). The van der Waals surface area contributed by atoms with Gasteiger partial charge in [0.15, 0.2) is 0 Å². The predicted octanol–water partition coefficient (Wildman–Crippen LogP) is 1.67. The number of piperidine rings is 1. The van der Waals surface area contributed by atoms with Gasteiger partial charge in [-0.15, -0.1) is 0 Å². The maximum Gasteiger partial charge on any atom is 0.255 e. The van der Waals surface area contributed by atoms with Crippen molar-refractivity contribution in [3.63, 3.8) is 0 Å². The molecule has 4 amide bonds. The van der Waals surface area contributed by atoms with E-state index in [-0.39, 0.29) is 30.6 Å². The van der Waals surface area contributed by atoms with Crippen molar-refractivity contribution in [2.75, 3.05) is 39.5 Å². The SMILES string of the molecule is O=C(Cc1ccc(OCCN2CCOCC2)c(Cl)c1)NCc1ccc2c(c1)CN(C1CCC(=O)NC1=O)C2=O. The van der Waals surface area contributed by atoms with Crippen LogP contribution in [0.2, 0.25) is 5.02 Å². The molecule has 0 radical (unpaired) electrons. The Kier molecular flexibility index (Phi) is 8.44. The molecule has 3 aliphatic rings. The van der Waals surface area contributed by atoms with Crippen molar-refractivity contribution in [1.82, 2.24) is 20.4 Å². The molecule has 0 spiro atoms. The van der Waals surface area contributed by atoms with Crippen molar-refractivity contribution in [3.8, 4) is 5.75 Å². The normalized spacial score (nSPS) is 19.6. The fraction of sp³-hybridized carbons (Fsp3) is 0.429. The molecule has 39 heavy (non-hydrogen) atoms. The summed E-state index contributed by atoms with van der Waals surface area (Å²) in [6, 6.07) is 10.1. The molecule has 11 heteroatoms. The van der Waals surface area contributed by atoms with E-state index in [1.807, 2.05) is 12.1 Å². The van der Waals surface area contributed by atoms with Crippen molar-refractivity contribution < 1.29 is 28.7 Å². The molecule has 2 N–H and O–H groups in total. The predicted molar refractivity (Wildman–Crippen MR) is 142 cm³/mol. The number of morpholine rings is 1. The summed E-state index contributed by atoms with van der Waals surface area (Å²) in [4.78, 5) is 52.9. The van der Waals surface area contributed by atoms with Crippen molar-refractivity contribution in [2.45, 2.75) is 38.4 Å². The fourth-order valence-electron chi connectivity index (χ4n) is 5.07. The summed E-state index contributed by atoms with van der Waals surface area (Å²) >= 11 is 6.39. The first kappa shape index (κ1) is 27.1. The van der Waals surface area contributed by atoms with Gasteiger partial charge < -0.3 is 19.7 Å². The zero-order chi connectivity index (χ0) is 27.4. The highest BCUT2D eigenvalue weighted by Crippen LogP contribution is 2.28. The van der Waals surface area contributed by atoms with Crippen LogP contribution in [0.4, 0.5) is 0 Å². The average Bonchev–Trinajstić information content (AvgIpc) is 3.24. The van der Waals surface area contributed by atoms with E-state index in [0.29, 0.717) is 42.5 Å². The van der Waals surface area contributed by atoms with Gasteiger partial charge in [-0.2, -0.15) is 0 Å². The molecule has 3 aliphatic heterocycles. The third-order valence-corrected chi connectivity index (χ3v) is 7.50. The number of halogens is 1. The van der Waals surface area contributed by atoms with Gasteiger partial charge in [0.1, 0.15) is 18.4 Å². The molecule has 5 rings (SSSR count). The molecule has 10 nitrogen and oxygen atoms in total. The molecule has 0 saturated carbocycles. The molecule has 0 aliphatic carbocycles. The lowest BCUT2D eigenvalue weighted by atomic mass is 10.0. The maximum absolute atomic E-state index is 12.9. The van der Waals surface area contributed by atoms with Crippen LogP contribution in [-0.2, 0) is 38.6 Å². The topological polar surface area (TPSA) is 117 Å². The second kappa shape index (κ2) is 12.1. The first-order chi connectivity index (χ1) is 18.9. The molecular weight excluding hydrogens is 524 g/mol. The van der Waals surface area contributed by atoms with Crippen LogP contribution < -0.4 is 15.4 Å². The number of fused-ring (bicyclic) bond motifs is 1. The number of benzene rings is 2. The number of carbonyl (C=O) groups excluding carboxylic acids is 4. The van der Waals surface area contributed by atoms with Gasteiger partial charge in [-0.1, -0.05) is 29.8 Å². The second-order valence-electron chi connectivity index (χ2n) is 9.91. The smallest absolute Gasteiger partial charge is 0.255 e. The van der Waals surface area contributed by atoms with Gasteiger partial charge in [-0.25, -0.2) is 0 Å². The highest BCUT2D eigenvalue weighted by molar-refractivity contribution is 6.32. The lowest BCUT2D eigenvalue weighted by Gasteiger charge is -2.29. The van der Waals surface area contributed by atoms with Crippen molar-refractivity contribution in [3.05, 3.63) is 63.7 Å². The quantitative estimate of drug-likeness (QED) is 0.453. The van der Waals surface area contributed by atoms with E-state index in [1.54, 1.807) is 24.3 Å². The number of ether oxygens (including phenoxy) is 2. The summed E-state index contributed by atoms with van der Waals surface area (Å²) in [7, 11) is 0. The number of amides is 4. The minimum Gasteiger partial charge on any atom is -0.491 e. The zero-order valence-corrected chi connectivity index (χ0v) is 22.3. The Balaban J connectivity index is 1.10. The number of nitrogens with one attached hydrogen (secondary N) is 2. The van der Waals surface area contributed by atoms with Gasteiger partial charge in [-0.3, -0.25) is 29.4 Å². The molecular formula is C28H31ClN4O6. The molecule has 0 aromatic heterocycles. The van der Waals surface area contributed by atoms with E-state index in [0.717, 1.165) is 49.5 Å². The van der Waals surface area contributed by atoms with Crippen LogP contribution in [0.5, 0.6) is 5.75 Å². The largest absolute Gasteiger partial charge is 0.491 e. The molecule has 2 fully saturated rings. The van der Waals surface area contributed by atoms with Crippen LogP contribution in [-0.4, -0.2) is 78.9 Å². The average molecular weight is 555 g/mol. The van der Waals surface area contributed by atoms with Crippen LogP contribution in [0.1, 0.15) is 39.9 Å². The van der Waals surface area contributed by atoms with E-state index in [2.05, 4.69) is 15.5 Å². The second-order valence-corrected chi connectivity index (χ2v) is 10.3. The van der Waals surface area contributed by atoms with Gasteiger partial charge in [0.05, 0.1) is 24.7 Å². The minimum absolute atomic E-state index is 0.159. The van der Waals surface area contributed by atoms with Crippen molar-refractivity contribution in [1.29, 1.82) is 0 Å². The summed E-state index contributed by atoms with van der Waals surface area (Å²) < 4.78 is 11.2. The summed E-state index contributed by atoms with van der Waals surface area (Å²) in [6.45, 7) is 5.20. The van der Waals surface area contributed by atoms with Gasteiger partial charge in [0.25, 0.3) is 5.91 Å². The first-order valence-electron chi connectivity index (χ1n) is 13.1. The number of imide groups is 1. The van der Waals surface area contributed by atoms with E-state index < -0.39 is 11.9 Å². The first-order valence-corrected chi connectivity index (χ1v) is 13.5. The fourth-order valence-corrected chi connectivity index (χ4v) is 5.32. The Bertz CT molecular complexity index is 1280. The molecule has 3 heterocycles. The number of nitrogens with zero attached hydrogens (tertiary/aromatic N) is 2. The molecule has 2 aromatic rings. The molecule has 1 unspecified atom stereocenters. The molecule has 206 valence electrons. The summed E-state index contributed by atoms with van der Waals surface area (Å²) in [5, 5.41) is 5.68. The zero-order valence-electron chi connectivity index (χ0n) is 21.5. The van der Waals surface area contributed by atoms with Crippen LogP contribution in [0.15, 0.2) is 36.4 Å². The number of carbonyl (C=O) groups is 4. The van der Waals surface area contributed by atoms with Gasteiger partial charge in [0, 0.05) is 44.7 Å². The minimum atomic E-state index is -0.654. The highest BCUT2D eigenvalue weighted by Gasteiger charge is 2.39. The monoisotopic (exact) mass is 554 g/mol. The van der Waals surface area contributed by atoms with E-state index >= 15 is 0 Å². The van der Waals surface area contributed by atoms with E-state index in [1.165, 1.54) is 4.90 Å². The molecule has 1 atom stereocenters. The Morgan fingerprint density at radius 3 is 2.67 bits per heavy atom. The third kappa shape index (κ3) is 6.58. The molecule has 2 aromatic carbocycles. The van der Waals surface area contributed by atoms with Crippen molar-refractivity contribution in [2.24, 2.45) is 0 Å². The lowest BCUT2D eigenvalue weighted by molar-refractivity contribution is -0.137. The van der Waals surface area contributed by atoms with Crippen LogP contribution >= 0.6 is 11.6 Å². The van der Waals surface area contributed by atoms with Crippen molar-refractivity contribution >= 4 is 35.2 Å². The van der Waals surface area contributed by atoms with Crippen LogP contribution in [0.3, 0.4) is 0 Å². The molecule has 0 bridgehead atoms. The third-order valence-electron chi connectivity index (χ3n) is 7.21.